The Morgan fingerprint density at radius 1 is 1.17 bits per heavy atom. The van der Waals surface area contributed by atoms with Crippen LogP contribution in [0.2, 0.25) is 0 Å². The second kappa shape index (κ2) is 11.4. The molecule has 42 heavy (non-hydrogen) atoms. The minimum atomic E-state index is -4.75. The Hall–Kier alpha value is -4.47. The maximum Gasteiger partial charge on any atom is 0.433 e. The van der Waals surface area contributed by atoms with Crippen molar-refractivity contribution >= 4 is 11.6 Å². The van der Waals surface area contributed by atoms with Crippen molar-refractivity contribution in [3.05, 3.63) is 82.7 Å². The lowest BCUT2D eigenvalue weighted by molar-refractivity contribution is -0.143. The Kier molecular flexibility index (Phi) is 7.90. The zero-order valence-electron chi connectivity index (χ0n) is 23.3. The van der Waals surface area contributed by atoms with E-state index < -0.39 is 17.8 Å². The van der Waals surface area contributed by atoms with Crippen molar-refractivity contribution in [2.24, 2.45) is 0 Å². The predicted molar refractivity (Wildman–Crippen MR) is 148 cm³/mol. The molecule has 9 nitrogen and oxygen atoms in total. The van der Waals surface area contributed by atoms with Crippen LogP contribution in [-0.2, 0) is 6.18 Å². The fourth-order valence-electron chi connectivity index (χ4n) is 5.52. The van der Waals surface area contributed by atoms with E-state index in [0.717, 1.165) is 11.8 Å². The lowest BCUT2D eigenvalue weighted by atomic mass is 10.0. The van der Waals surface area contributed by atoms with Gasteiger partial charge in [-0.3, -0.25) is 9.69 Å². The summed E-state index contributed by atoms with van der Waals surface area (Å²) >= 11 is 0. The minimum Gasteiger partial charge on any atom is -0.497 e. The summed E-state index contributed by atoms with van der Waals surface area (Å²) in [5.74, 6) is 0.0747. The summed E-state index contributed by atoms with van der Waals surface area (Å²) in [6.45, 7) is 4.17. The van der Waals surface area contributed by atoms with Crippen LogP contribution in [-0.4, -0.2) is 74.8 Å². The van der Waals surface area contributed by atoms with Gasteiger partial charge in [-0.05, 0) is 55.8 Å². The molecule has 2 aromatic carbocycles. The Balaban J connectivity index is 1.47. The molecular formula is C30H29F3N6O3. The first-order valence-electron chi connectivity index (χ1n) is 13.3. The number of fused-ring (bicyclic) bond motifs is 1. The maximum atomic E-state index is 14.3. The first kappa shape index (κ1) is 29.0. The maximum absolute atomic E-state index is 14.3. The smallest absolute Gasteiger partial charge is 0.433 e. The molecule has 0 unspecified atom stereocenters. The van der Waals surface area contributed by atoms with Gasteiger partial charge in [0.05, 0.1) is 43.3 Å². The second-order valence-electron chi connectivity index (χ2n) is 10.2. The topological polar surface area (TPSA) is 107 Å². The summed E-state index contributed by atoms with van der Waals surface area (Å²) < 4.78 is 48.8. The molecule has 1 saturated heterocycles. The van der Waals surface area contributed by atoms with E-state index in [4.69, 9.17) is 10.00 Å². The highest BCUT2D eigenvalue weighted by Crippen LogP contribution is 2.37. The van der Waals surface area contributed by atoms with Crippen molar-refractivity contribution in [3.8, 4) is 23.1 Å². The first-order valence-corrected chi connectivity index (χ1v) is 13.3. The molecule has 1 aliphatic heterocycles. The molecule has 0 saturated carbocycles. The van der Waals surface area contributed by atoms with E-state index in [1.165, 1.54) is 14.0 Å². The molecule has 1 aliphatic rings. The average molecular weight is 579 g/mol. The molecule has 3 heterocycles. The van der Waals surface area contributed by atoms with Gasteiger partial charge in [0.15, 0.2) is 11.3 Å². The van der Waals surface area contributed by atoms with Gasteiger partial charge in [0.2, 0.25) is 0 Å². The van der Waals surface area contributed by atoms with Crippen molar-refractivity contribution < 1.29 is 27.8 Å². The van der Waals surface area contributed by atoms with E-state index in [2.05, 4.69) is 21.1 Å². The minimum absolute atomic E-state index is 0.0265. The number of ether oxygens (including phenoxy) is 1. The van der Waals surface area contributed by atoms with Gasteiger partial charge in [-0.1, -0.05) is 12.1 Å². The number of hydrogen-bond donors (Lipinski definition) is 1. The van der Waals surface area contributed by atoms with Crippen LogP contribution in [0.15, 0.2) is 54.7 Å². The third kappa shape index (κ3) is 5.29. The van der Waals surface area contributed by atoms with Gasteiger partial charge < -0.3 is 14.7 Å². The molecule has 12 heteroatoms. The summed E-state index contributed by atoms with van der Waals surface area (Å²) in [5, 5.41) is 23.2. The molecule has 4 aromatic rings. The van der Waals surface area contributed by atoms with E-state index in [1.807, 2.05) is 6.92 Å². The molecule has 0 aliphatic carbocycles. The van der Waals surface area contributed by atoms with Crippen LogP contribution < -0.4 is 4.74 Å². The number of hydrogen-bond acceptors (Lipinski definition) is 7. The van der Waals surface area contributed by atoms with Crippen LogP contribution >= 0.6 is 0 Å². The SMILES string of the molecule is COc1ccc(-c2nc3c(C(=O)N4CCN([C@H](CO)c5ccc(C#N)cc5)C[C@H]4C)cnn3c(C(F)(F)F)c2C)cc1. The van der Waals surface area contributed by atoms with Crippen molar-refractivity contribution in [3.63, 3.8) is 0 Å². The number of halogens is 3. The van der Waals surface area contributed by atoms with Crippen LogP contribution in [0.4, 0.5) is 13.2 Å². The summed E-state index contributed by atoms with van der Waals surface area (Å²) in [4.78, 5) is 22.0. The number of aliphatic hydroxyl groups is 1. The van der Waals surface area contributed by atoms with Crippen molar-refractivity contribution in [2.45, 2.75) is 32.1 Å². The molecule has 2 aromatic heterocycles. The molecule has 1 fully saturated rings. The van der Waals surface area contributed by atoms with Crippen molar-refractivity contribution in [1.29, 1.82) is 5.26 Å². The summed E-state index contributed by atoms with van der Waals surface area (Å²) in [6, 6.07) is 14.9. The predicted octanol–water partition coefficient (Wildman–Crippen LogP) is 4.48. The molecule has 0 spiro atoms. The summed E-state index contributed by atoms with van der Waals surface area (Å²) in [7, 11) is 1.49. The van der Waals surface area contributed by atoms with Crippen LogP contribution in [0.3, 0.4) is 0 Å². The number of carbonyl (C=O) groups excluding carboxylic acids is 1. The van der Waals surface area contributed by atoms with Gasteiger partial charge in [0, 0.05) is 36.8 Å². The van der Waals surface area contributed by atoms with E-state index in [1.54, 1.807) is 53.4 Å². The fraction of sp³-hybridized carbons (Fsp3) is 0.333. The van der Waals surface area contributed by atoms with Crippen LogP contribution in [0.1, 0.15) is 45.7 Å². The lowest BCUT2D eigenvalue weighted by Crippen LogP contribution is -2.55. The number of nitrogens with zero attached hydrogens (tertiary/aromatic N) is 6. The zero-order chi connectivity index (χ0) is 30.2. The van der Waals surface area contributed by atoms with Gasteiger partial charge in [0.1, 0.15) is 11.3 Å². The van der Waals surface area contributed by atoms with Gasteiger partial charge >= 0.3 is 6.18 Å². The monoisotopic (exact) mass is 578 g/mol. The first-order chi connectivity index (χ1) is 20.1. The van der Waals surface area contributed by atoms with Crippen molar-refractivity contribution in [2.75, 3.05) is 33.4 Å². The van der Waals surface area contributed by atoms with E-state index in [9.17, 15) is 23.1 Å². The number of alkyl halides is 3. The quantitative estimate of drug-likeness (QED) is 0.360. The Bertz CT molecular complexity index is 1640. The number of amides is 1. The standard InChI is InChI=1S/C30H29F3N6O3/c1-18-16-37(25(17-40)21-6-4-20(14-34)5-7-21)12-13-38(18)29(41)24-15-35-39-27(30(31,32)33)19(2)26(36-28(24)39)22-8-10-23(42-3)11-9-22/h4-11,15,18,25,40H,12-13,16-17H2,1-3H3/t18-,25-/m1/s1. The highest BCUT2D eigenvalue weighted by molar-refractivity contribution is 6.00. The van der Waals surface area contributed by atoms with Gasteiger partial charge in [-0.2, -0.15) is 23.5 Å². The number of aliphatic hydroxyl groups excluding tert-OH is 1. The van der Waals surface area contributed by atoms with Gasteiger partial charge in [-0.15, -0.1) is 0 Å². The Morgan fingerprint density at radius 3 is 2.43 bits per heavy atom. The van der Waals surface area contributed by atoms with Gasteiger partial charge in [0.25, 0.3) is 5.91 Å². The van der Waals surface area contributed by atoms with Crippen LogP contribution in [0.5, 0.6) is 5.75 Å². The summed E-state index contributed by atoms with van der Waals surface area (Å²) in [5.41, 5.74) is 0.589. The Labute approximate surface area is 240 Å². The Morgan fingerprint density at radius 2 is 1.86 bits per heavy atom. The number of aromatic nitrogens is 3. The molecule has 0 bridgehead atoms. The van der Waals surface area contributed by atoms with Crippen molar-refractivity contribution in [1.82, 2.24) is 24.4 Å². The number of nitriles is 1. The second-order valence-corrected chi connectivity index (χ2v) is 10.2. The van der Waals surface area contributed by atoms with E-state index in [-0.39, 0.29) is 47.7 Å². The lowest BCUT2D eigenvalue weighted by Gasteiger charge is -2.43. The highest BCUT2D eigenvalue weighted by Gasteiger charge is 2.39. The number of methoxy groups -OCH3 is 1. The average Bonchev–Trinajstić information content (AvgIpc) is 3.40. The van der Waals surface area contributed by atoms with Crippen LogP contribution in [0, 0.1) is 18.3 Å². The third-order valence-electron chi connectivity index (χ3n) is 7.70. The molecule has 0 radical (unpaired) electrons. The van der Waals surface area contributed by atoms with E-state index in [0.29, 0.717) is 34.5 Å². The molecule has 1 amide bonds. The number of piperazine rings is 1. The third-order valence-corrected chi connectivity index (χ3v) is 7.70. The normalized spacial score (nSPS) is 16.8. The number of carbonyl (C=O) groups is 1. The fourth-order valence-corrected chi connectivity index (χ4v) is 5.52. The molecule has 5 rings (SSSR count). The molecule has 2 atom stereocenters. The number of benzene rings is 2. The zero-order valence-corrected chi connectivity index (χ0v) is 23.3. The van der Waals surface area contributed by atoms with Gasteiger partial charge in [-0.25, -0.2) is 9.50 Å². The van der Waals surface area contributed by atoms with Crippen LogP contribution in [0.25, 0.3) is 16.9 Å². The molecular weight excluding hydrogens is 549 g/mol. The highest BCUT2D eigenvalue weighted by atomic mass is 19.4. The van der Waals surface area contributed by atoms with E-state index >= 15 is 0 Å². The number of rotatable bonds is 6. The summed E-state index contributed by atoms with van der Waals surface area (Å²) in [6.07, 6.45) is -3.61. The molecule has 218 valence electrons. The molecule has 1 N–H and O–H groups in total. The largest absolute Gasteiger partial charge is 0.497 e.